The summed E-state index contributed by atoms with van der Waals surface area (Å²) in [6.45, 7) is -0.130. The molecule has 1 amide bonds. The molecule has 0 radical (unpaired) electrons. The van der Waals surface area contributed by atoms with Gasteiger partial charge in [0.05, 0.1) is 20.7 Å². The smallest absolute Gasteiger partial charge is 0.282 e. The Morgan fingerprint density at radius 2 is 1.87 bits per heavy atom. The van der Waals surface area contributed by atoms with Crippen molar-refractivity contribution in [2.24, 2.45) is 5.10 Å². The number of nitrogens with zero attached hydrogens (tertiary/aromatic N) is 3. The maximum Gasteiger partial charge on any atom is 0.282 e. The average molecular weight is 641 g/mol. The quantitative estimate of drug-likeness (QED) is 0.182. The highest BCUT2D eigenvalue weighted by Gasteiger charge is 2.22. The first-order valence-corrected chi connectivity index (χ1v) is 14.0. The number of anilines is 1. The van der Waals surface area contributed by atoms with Crippen LogP contribution >= 0.6 is 34.2 Å². The summed E-state index contributed by atoms with van der Waals surface area (Å²) in [5.74, 6) is 1.26. The second-order valence-corrected chi connectivity index (χ2v) is 10.8. The molecule has 4 aromatic rings. The Bertz CT molecular complexity index is 1550. The molecule has 0 atom stereocenters. The van der Waals surface area contributed by atoms with Crippen LogP contribution < -0.4 is 15.6 Å². The number of hydrogen-bond donors (Lipinski definition) is 1. The van der Waals surface area contributed by atoms with E-state index >= 15 is 0 Å². The van der Waals surface area contributed by atoms with Gasteiger partial charge in [-0.05, 0) is 95.6 Å². The number of nitrogens with one attached hydrogen (secondary N) is 1. The van der Waals surface area contributed by atoms with Crippen molar-refractivity contribution in [1.29, 1.82) is 0 Å². The molecule has 9 heteroatoms. The van der Waals surface area contributed by atoms with E-state index in [1.807, 2.05) is 30.3 Å². The first kappa shape index (κ1) is 26.4. The summed E-state index contributed by atoms with van der Waals surface area (Å²) in [4.78, 5) is 30.5. The van der Waals surface area contributed by atoms with Crippen LogP contribution in [0, 0.1) is 3.57 Å². The standard InChI is InChI=1S/C29H26ClIN4O3/c30-21-11-13-22(14-12-21)33-27(36)18-38-26-15-10-19(16-24(26)31)17-32-35-28(20-6-2-1-3-7-20)34-25-9-5-4-8-23(25)29(35)37/h4-5,8-17,20H,1-3,6-7,18H2,(H,33,36). The van der Waals surface area contributed by atoms with Gasteiger partial charge in [0.15, 0.2) is 6.61 Å². The van der Waals surface area contributed by atoms with Gasteiger partial charge in [0.25, 0.3) is 11.5 Å². The van der Waals surface area contributed by atoms with Gasteiger partial charge >= 0.3 is 0 Å². The zero-order chi connectivity index (χ0) is 26.5. The molecule has 1 N–H and O–H groups in total. The van der Waals surface area contributed by atoms with Crippen molar-refractivity contribution in [2.45, 2.75) is 38.0 Å². The number of carbonyl (C=O) groups is 1. The fraction of sp³-hybridized carbons (Fsp3) is 0.241. The predicted molar refractivity (Wildman–Crippen MR) is 160 cm³/mol. The summed E-state index contributed by atoms with van der Waals surface area (Å²) >= 11 is 8.04. The van der Waals surface area contributed by atoms with Crippen LogP contribution in [0.15, 0.2) is 76.6 Å². The van der Waals surface area contributed by atoms with Crippen molar-refractivity contribution in [3.8, 4) is 5.75 Å². The van der Waals surface area contributed by atoms with Crippen LogP contribution in [0.4, 0.5) is 5.69 Å². The van der Waals surface area contributed by atoms with Crippen molar-refractivity contribution < 1.29 is 9.53 Å². The Morgan fingerprint density at radius 3 is 2.63 bits per heavy atom. The molecule has 3 aromatic carbocycles. The predicted octanol–water partition coefficient (Wildman–Crippen LogP) is 6.60. The van der Waals surface area contributed by atoms with E-state index in [1.54, 1.807) is 42.6 Å². The zero-order valence-corrected chi connectivity index (χ0v) is 23.5. The first-order chi connectivity index (χ1) is 18.5. The monoisotopic (exact) mass is 640 g/mol. The Kier molecular flexibility index (Phi) is 8.38. The number of ether oxygens (including phenoxy) is 1. The summed E-state index contributed by atoms with van der Waals surface area (Å²) in [5.41, 5.74) is 2.01. The molecule has 0 spiro atoms. The van der Waals surface area contributed by atoms with E-state index in [4.69, 9.17) is 21.3 Å². The van der Waals surface area contributed by atoms with Crippen LogP contribution in [0.25, 0.3) is 10.9 Å². The summed E-state index contributed by atoms with van der Waals surface area (Å²) in [7, 11) is 0. The molecular formula is C29H26ClIN4O3. The van der Waals surface area contributed by atoms with Gasteiger partial charge in [0.2, 0.25) is 0 Å². The number of hydrogen-bond acceptors (Lipinski definition) is 5. The highest BCUT2D eigenvalue weighted by Crippen LogP contribution is 2.32. The van der Waals surface area contributed by atoms with Gasteiger partial charge in [-0.3, -0.25) is 9.59 Å². The van der Waals surface area contributed by atoms with Crippen LogP contribution in [0.5, 0.6) is 5.75 Å². The zero-order valence-electron chi connectivity index (χ0n) is 20.6. The lowest BCUT2D eigenvalue weighted by Crippen LogP contribution is -2.25. The van der Waals surface area contributed by atoms with Gasteiger partial charge in [0.1, 0.15) is 11.6 Å². The molecule has 1 fully saturated rings. The molecule has 5 rings (SSSR count). The number of benzene rings is 3. The van der Waals surface area contributed by atoms with Crippen LogP contribution in [-0.2, 0) is 4.79 Å². The van der Waals surface area contributed by atoms with Gasteiger partial charge in [-0.1, -0.05) is 43.0 Å². The number of fused-ring (bicyclic) bond motifs is 1. The summed E-state index contributed by atoms with van der Waals surface area (Å²) < 4.78 is 8.01. The lowest BCUT2D eigenvalue weighted by atomic mass is 9.88. The Balaban J connectivity index is 1.33. The summed E-state index contributed by atoms with van der Waals surface area (Å²) in [6, 6.07) is 19.8. The minimum Gasteiger partial charge on any atom is -0.483 e. The topological polar surface area (TPSA) is 85.6 Å². The number of amides is 1. The van der Waals surface area contributed by atoms with E-state index in [0.717, 1.165) is 40.6 Å². The van der Waals surface area contributed by atoms with Gasteiger partial charge in [-0.15, -0.1) is 0 Å². The van der Waals surface area contributed by atoms with E-state index < -0.39 is 0 Å². The third-order valence-corrected chi connectivity index (χ3v) is 7.61. The molecule has 0 bridgehead atoms. The molecule has 1 heterocycles. The summed E-state index contributed by atoms with van der Waals surface area (Å²) in [6.07, 6.45) is 7.17. The molecule has 0 aliphatic heterocycles. The Labute approximate surface area is 239 Å². The highest BCUT2D eigenvalue weighted by atomic mass is 127. The number of carbonyl (C=O) groups excluding carboxylic acids is 1. The number of para-hydroxylation sites is 1. The molecule has 7 nitrogen and oxygen atoms in total. The third-order valence-electron chi connectivity index (χ3n) is 6.51. The highest BCUT2D eigenvalue weighted by molar-refractivity contribution is 14.1. The molecule has 0 saturated heterocycles. The van der Waals surface area contributed by atoms with Crippen molar-refractivity contribution in [2.75, 3.05) is 11.9 Å². The number of aromatic nitrogens is 2. The molecule has 0 unspecified atom stereocenters. The van der Waals surface area contributed by atoms with Gasteiger partial charge < -0.3 is 10.1 Å². The fourth-order valence-corrected chi connectivity index (χ4v) is 5.41. The van der Waals surface area contributed by atoms with Crippen molar-refractivity contribution in [3.05, 3.63) is 97.1 Å². The number of halogens is 2. The van der Waals surface area contributed by atoms with Crippen molar-refractivity contribution >= 4 is 62.9 Å². The summed E-state index contributed by atoms with van der Waals surface area (Å²) in [5, 5.41) is 8.53. The fourth-order valence-electron chi connectivity index (χ4n) is 4.59. The van der Waals surface area contributed by atoms with E-state index in [1.165, 1.54) is 11.1 Å². The van der Waals surface area contributed by atoms with Crippen LogP contribution in [-0.4, -0.2) is 28.4 Å². The normalized spacial score (nSPS) is 14.2. The lowest BCUT2D eigenvalue weighted by molar-refractivity contribution is -0.118. The molecule has 1 aromatic heterocycles. The van der Waals surface area contributed by atoms with Crippen LogP contribution in [0.3, 0.4) is 0 Å². The minimum atomic E-state index is -0.271. The Hall–Kier alpha value is -3.24. The maximum absolute atomic E-state index is 13.4. The van der Waals surface area contributed by atoms with Crippen molar-refractivity contribution in [1.82, 2.24) is 9.66 Å². The third kappa shape index (κ3) is 6.24. The van der Waals surface area contributed by atoms with Gasteiger partial charge in [-0.25, -0.2) is 4.98 Å². The van der Waals surface area contributed by atoms with Gasteiger partial charge in [0, 0.05) is 16.6 Å². The van der Waals surface area contributed by atoms with E-state index in [0.29, 0.717) is 27.4 Å². The lowest BCUT2D eigenvalue weighted by Gasteiger charge is -2.22. The van der Waals surface area contributed by atoms with E-state index in [9.17, 15) is 9.59 Å². The average Bonchev–Trinajstić information content (AvgIpc) is 2.94. The molecule has 1 saturated carbocycles. The SMILES string of the molecule is O=C(COc1ccc(C=Nn2c(C3CCCCC3)nc3ccccc3c2=O)cc1I)Nc1ccc(Cl)cc1. The second kappa shape index (κ2) is 12.1. The molecule has 38 heavy (non-hydrogen) atoms. The van der Waals surface area contributed by atoms with Crippen LogP contribution in [0.1, 0.15) is 49.4 Å². The largest absolute Gasteiger partial charge is 0.483 e. The second-order valence-electron chi connectivity index (χ2n) is 9.22. The van der Waals surface area contributed by atoms with E-state index in [2.05, 4.69) is 33.0 Å². The molecule has 1 aliphatic rings. The molecular weight excluding hydrogens is 615 g/mol. The van der Waals surface area contributed by atoms with E-state index in [-0.39, 0.29) is 24.0 Å². The molecule has 194 valence electrons. The van der Waals surface area contributed by atoms with Crippen molar-refractivity contribution in [3.63, 3.8) is 0 Å². The van der Waals surface area contributed by atoms with Crippen LogP contribution in [0.2, 0.25) is 5.02 Å². The minimum absolute atomic E-state index is 0.130. The molecule has 1 aliphatic carbocycles. The number of rotatable bonds is 7. The maximum atomic E-state index is 13.4. The Morgan fingerprint density at radius 1 is 1.11 bits per heavy atom. The van der Waals surface area contributed by atoms with Gasteiger partial charge in [-0.2, -0.15) is 9.78 Å². The first-order valence-electron chi connectivity index (χ1n) is 12.5.